The van der Waals surface area contributed by atoms with Gasteiger partial charge >= 0.3 is 0 Å². The maximum Gasteiger partial charge on any atom is 0.295 e. The Bertz CT molecular complexity index is 1320. The summed E-state index contributed by atoms with van der Waals surface area (Å²) in [6.07, 6.45) is 0. The van der Waals surface area contributed by atoms with Gasteiger partial charge in [0.15, 0.2) is 0 Å². The Morgan fingerprint density at radius 1 is 1.03 bits per heavy atom. The predicted molar refractivity (Wildman–Crippen MR) is 136 cm³/mol. The molecule has 9 heteroatoms. The van der Waals surface area contributed by atoms with Crippen LogP contribution in [0.25, 0.3) is 5.76 Å². The number of amides is 1. The van der Waals surface area contributed by atoms with Gasteiger partial charge in [-0.05, 0) is 53.6 Å². The number of Topliss-reactive ketones (excluding diaryl/α,β-unsaturated/α-hetero) is 1. The number of aliphatic hydroxyl groups excluding tert-OH is 1. The van der Waals surface area contributed by atoms with Crippen LogP contribution >= 0.6 is 11.6 Å². The Balaban J connectivity index is 1.68. The first kappa shape index (κ1) is 26.2. The molecular formula is C28H25ClFNO6. The summed E-state index contributed by atoms with van der Waals surface area (Å²) in [6, 6.07) is 16.6. The van der Waals surface area contributed by atoms with Gasteiger partial charge in [-0.1, -0.05) is 35.9 Å². The maximum absolute atomic E-state index is 13.1. The number of ether oxygens (including phenoxy) is 3. The van der Waals surface area contributed by atoms with Gasteiger partial charge in [0.25, 0.3) is 11.7 Å². The summed E-state index contributed by atoms with van der Waals surface area (Å²) >= 11 is 6.11. The molecule has 1 saturated heterocycles. The molecule has 1 fully saturated rings. The van der Waals surface area contributed by atoms with Gasteiger partial charge in [-0.25, -0.2) is 4.39 Å². The molecule has 1 N–H and O–H groups in total. The molecular weight excluding hydrogens is 501 g/mol. The number of methoxy groups -OCH3 is 2. The Hall–Kier alpha value is -3.88. The first-order chi connectivity index (χ1) is 17.8. The van der Waals surface area contributed by atoms with Crippen molar-refractivity contribution in [3.63, 3.8) is 0 Å². The Morgan fingerprint density at radius 3 is 2.38 bits per heavy atom. The topological polar surface area (TPSA) is 85.3 Å². The molecule has 1 atom stereocenters. The summed E-state index contributed by atoms with van der Waals surface area (Å²) in [5, 5.41) is 11.5. The minimum atomic E-state index is -0.844. The van der Waals surface area contributed by atoms with E-state index >= 15 is 0 Å². The zero-order valence-electron chi connectivity index (χ0n) is 20.2. The third-order valence-corrected chi connectivity index (χ3v) is 6.33. The van der Waals surface area contributed by atoms with Gasteiger partial charge in [-0.15, -0.1) is 0 Å². The normalized spacial score (nSPS) is 16.8. The zero-order valence-corrected chi connectivity index (χ0v) is 21.0. The van der Waals surface area contributed by atoms with Gasteiger partial charge in [0, 0.05) is 19.2 Å². The van der Waals surface area contributed by atoms with Gasteiger partial charge in [0.2, 0.25) is 0 Å². The number of likely N-dealkylation sites (tertiary alicyclic amines) is 1. The van der Waals surface area contributed by atoms with E-state index in [0.717, 1.165) is 5.56 Å². The van der Waals surface area contributed by atoms with E-state index in [2.05, 4.69) is 0 Å². The highest BCUT2D eigenvalue weighted by Crippen LogP contribution is 2.40. The Kier molecular flexibility index (Phi) is 8.11. The Morgan fingerprint density at radius 2 is 1.73 bits per heavy atom. The quantitative estimate of drug-likeness (QED) is 0.237. The lowest BCUT2D eigenvalue weighted by molar-refractivity contribution is -0.140. The summed E-state index contributed by atoms with van der Waals surface area (Å²) in [4.78, 5) is 27.4. The van der Waals surface area contributed by atoms with Crippen molar-refractivity contribution >= 4 is 29.1 Å². The second-order valence-electron chi connectivity index (χ2n) is 8.32. The van der Waals surface area contributed by atoms with Gasteiger partial charge in [-0.3, -0.25) is 9.59 Å². The number of benzene rings is 3. The number of halogens is 2. The van der Waals surface area contributed by atoms with Crippen molar-refractivity contribution in [2.75, 3.05) is 27.4 Å². The van der Waals surface area contributed by atoms with E-state index < -0.39 is 17.7 Å². The van der Waals surface area contributed by atoms with E-state index in [1.54, 1.807) is 48.5 Å². The highest BCUT2D eigenvalue weighted by molar-refractivity contribution is 6.46. The zero-order chi connectivity index (χ0) is 26.5. The van der Waals surface area contributed by atoms with E-state index in [1.165, 1.54) is 37.3 Å². The summed E-state index contributed by atoms with van der Waals surface area (Å²) in [5.41, 5.74) is 1.64. The van der Waals surface area contributed by atoms with E-state index in [4.69, 9.17) is 25.8 Å². The fraction of sp³-hybridized carbons (Fsp3) is 0.214. The van der Waals surface area contributed by atoms with Crippen molar-refractivity contribution in [3.05, 3.63) is 99.8 Å². The molecule has 0 aromatic heterocycles. The van der Waals surface area contributed by atoms with Crippen LogP contribution in [0.3, 0.4) is 0 Å². The molecule has 0 spiro atoms. The highest BCUT2D eigenvalue weighted by atomic mass is 35.5. The number of hydrogen-bond acceptors (Lipinski definition) is 6. The SMILES string of the molecule is COCCN1C(=O)C(=O)/C(=C(\O)c2ccc(Cl)c(OC)c2)C1c1ccc(OCc2ccc(F)cc2)cc1. The number of carbonyl (C=O) groups excluding carboxylic acids is 2. The third kappa shape index (κ3) is 5.60. The average Bonchev–Trinajstić information content (AvgIpc) is 3.16. The molecule has 7 nitrogen and oxygen atoms in total. The fourth-order valence-electron chi connectivity index (χ4n) is 4.10. The first-order valence-corrected chi connectivity index (χ1v) is 11.8. The van der Waals surface area contributed by atoms with Gasteiger partial charge < -0.3 is 24.2 Å². The van der Waals surface area contributed by atoms with Crippen LogP contribution in [0.5, 0.6) is 11.5 Å². The average molecular weight is 526 g/mol. The fourth-order valence-corrected chi connectivity index (χ4v) is 4.30. The van der Waals surface area contributed by atoms with Crippen LogP contribution in [0.15, 0.2) is 72.3 Å². The molecule has 4 rings (SSSR count). The van der Waals surface area contributed by atoms with E-state index in [0.29, 0.717) is 22.1 Å². The third-order valence-electron chi connectivity index (χ3n) is 6.02. The molecule has 1 unspecified atom stereocenters. The molecule has 1 amide bonds. The maximum atomic E-state index is 13.1. The monoisotopic (exact) mass is 525 g/mol. The van der Waals surface area contributed by atoms with Crippen LogP contribution < -0.4 is 9.47 Å². The van der Waals surface area contributed by atoms with Crippen LogP contribution in [0.1, 0.15) is 22.7 Å². The van der Waals surface area contributed by atoms with Crippen molar-refractivity contribution in [2.45, 2.75) is 12.6 Å². The molecule has 3 aromatic carbocycles. The molecule has 1 aliphatic heterocycles. The molecule has 0 radical (unpaired) electrons. The lowest BCUT2D eigenvalue weighted by atomic mass is 9.95. The summed E-state index contributed by atoms with van der Waals surface area (Å²) < 4.78 is 29.3. The number of rotatable bonds is 9. The van der Waals surface area contributed by atoms with Crippen molar-refractivity contribution < 1.29 is 33.3 Å². The van der Waals surface area contributed by atoms with Crippen LogP contribution in [-0.2, 0) is 20.9 Å². The summed E-state index contributed by atoms with van der Waals surface area (Å²) in [5.74, 6) is -1.33. The second kappa shape index (κ2) is 11.5. The van der Waals surface area contributed by atoms with Crippen LogP contribution in [0.2, 0.25) is 5.02 Å². The molecule has 1 heterocycles. The van der Waals surface area contributed by atoms with Gasteiger partial charge in [0.05, 0.1) is 30.4 Å². The predicted octanol–water partition coefficient (Wildman–Crippen LogP) is 5.13. The van der Waals surface area contributed by atoms with E-state index in [-0.39, 0.29) is 42.5 Å². The molecule has 0 aliphatic carbocycles. The van der Waals surface area contributed by atoms with Crippen LogP contribution in [0, 0.1) is 5.82 Å². The minimum Gasteiger partial charge on any atom is -0.507 e. The number of carbonyl (C=O) groups is 2. The molecule has 0 bridgehead atoms. The summed E-state index contributed by atoms with van der Waals surface area (Å²) in [7, 11) is 2.94. The molecule has 192 valence electrons. The van der Waals surface area contributed by atoms with Crippen molar-refractivity contribution in [1.82, 2.24) is 4.90 Å². The van der Waals surface area contributed by atoms with E-state index in [9.17, 15) is 19.1 Å². The second-order valence-corrected chi connectivity index (χ2v) is 8.73. The largest absolute Gasteiger partial charge is 0.507 e. The number of nitrogens with zero attached hydrogens (tertiary/aromatic N) is 1. The lowest BCUT2D eigenvalue weighted by Crippen LogP contribution is -2.32. The number of ketones is 1. The first-order valence-electron chi connectivity index (χ1n) is 11.4. The van der Waals surface area contributed by atoms with Gasteiger partial charge in [0.1, 0.15) is 29.7 Å². The molecule has 0 saturated carbocycles. The number of hydrogen-bond donors (Lipinski definition) is 1. The van der Waals surface area contributed by atoms with Gasteiger partial charge in [-0.2, -0.15) is 0 Å². The van der Waals surface area contributed by atoms with Crippen LogP contribution in [-0.4, -0.2) is 49.1 Å². The minimum absolute atomic E-state index is 0.0505. The lowest BCUT2D eigenvalue weighted by Gasteiger charge is -2.25. The van der Waals surface area contributed by atoms with E-state index in [1.807, 2.05) is 0 Å². The Labute approximate surface area is 218 Å². The molecule has 1 aliphatic rings. The van der Waals surface area contributed by atoms with Crippen molar-refractivity contribution in [2.24, 2.45) is 0 Å². The van der Waals surface area contributed by atoms with Crippen molar-refractivity contribution in [1.29, 1.82) is 0 Å². The molecule has 37 heavy (non-hydrogen) atoms. The number of aliphatic hydroxyl groups is 1. The summed E-state index contributed by atoms with van der Waals surface area (Å²) in [6.45, 7) is 0.594. The molecule has 3 aromatic rings. The van der Waals surface area contributed by atoms with Crippen molar-refractivity contribution in [3.8, 4) is 11.5 Å². The smallest absolute Gasteiger partial charge is 0.295 e. The highest BCUT2D eigenvalue weighted by Gasteiger charge is 2.45. The standard InChI is InChI=1S/C28H25ClFNO6/c1-35-14-13-31-25(18-5-10-21(11-6-18)37-16-17-3-8-20(30)9-4-17)24(27(33)28(31)34)26(32)19-7-12-22(29)23(15-19)36-2/h3-12,15,25,32H,13-14,16H2,1-2H3/b26-24-. The van der Waals surface area contributed by atoms with Crippen LogP contribution in [0.4, 0.5) is 4.39 Å².